The zero-order valence-electron chi connectivity index (χ0n) is 18.2. The van der Waals surface area contributed by atoms with Crippen molar-refractivity contribution in [2.75, 3.05) is 37.9 Å². The molecule has 0 spiro atoms. The molecule has 0 aromatic heterocycles. The standard InChI is InChI=1S/C22H30N2O5S/c1-16-8-10-19(13-17(16)2)24(30(5,26)27)15-22(25)23-12-6-7-18-9-11-20(28-3)21(14-18)29-4/h8-11,13-14H,6-7,12,15H2,1-5H3,(H,23,25). The average molecular weight is 435 g/mol. The lowest BCUT2D eigenvalue weighted by Crippen LogP contribution is -2.40. The van der Waals surface area contributed by atoms with E-state index in [4.69, 9.17) is 9.47 Å². The third-order valence-electron chi connectivity index (χ3n) is 4.88. The molecule has 0 saturated heterocycles. The highest BCUT2D eigenvalue weighted by molar-refractivity contribution is 7.92. The van der Waals surface area contributed by atoms with Crippen molar-refractivity contribution in [3.63, 3.8) is 0 Å². The molecule has 0 fully saturated rings. The molecule has 2 aromatic carbocycles. The number of carbonyl (C=O) groups is 1. The van der Waals surface area contributed by atoms with E-state index in [1.807, 2.05) is 38.1 Å². The Kier molecular flexibility index (Phi) is 8.11. The van der Waals surface area contributed by atoms with Gasteiger partial charge in [-0.25, -0.2) is 8.42 Å². The Bertz CT molecular complexity index is 989. The number of carbonyl (C=O) groups excluding carboxylic acids is 1. The summed E-state index contributed by atoms with van der Waals surface area (Å²) in [6.07, 6.45) is 2.56. The number of hydrogen-bond donors (Lipinski definition) is 1. The van der Waals surface area contributed by atoms with Gasteiger partial charge >= 0.3 is 0 Å². The Hall–Kier alpha value is -2.74. The van der Waals surface area contributed by atoms with Crippen LogP contribution in [0.15, 0.2) is 36.4 Å². The minimum Gasteiger partial charge on any atom is -0.493 e. The number of benzene rings is 2. The van der Waals surface area contributed by atoms with Crippen molar-refractivity contribution in [3.8, 4) is 11.5 Å². The second-order valence-electron chi connectivity index (χ2n) is 7.18. The van der Waals surface area contributed by atoms with E-state index in [-0.39, 0.29) is 12.5 Å². The lowest BCUT2D eigenvalue weighted by molar-refractivity contribution is -0.119. The molecule has 0 saturated carbocycles. The number of ether oxygens (including phenoxy) is 2. The molecule has 1 amide bonds. The molecular formula is C22H30N2O5S. The summed E-state index contributed by atoms with van der Waals surface area (Å²) in [4.78, 5) is 12.4. The Balaban J connectivity index is 1.92. The van der Waals surface area contributed by atoms with Gasteiger partial charge in [0.15, 0.2) is 11.5 Å². The summed E-state index contributed by atoms with van der Waals surface area (Å²) in [6, 6.07) is 11.1. The first-order chi connectivity index (χ1) is 14.2. The number of rotatable bonds is 10. The van der Waals surface area contributed by atoms with E-state index < -0.39 is 10.0 Å². The van der Waals surface area contributed by atoms with Crippen molar-refractivity contribution in [3.05, 3.63) is 53.1 Å². The van der Waals surface area contributed by atoms with Gasteiger partial charge in [-0.3, -0.25) is 9.10 Å². The predicted molar refractivity (Wildman–Crippen MR) is 119 cm³/mol. The third-order valence-corrected chi connectivity index (χ3v) is 6.02. The molecule has 0 unspecified atom stereocenters. The maximum Gasteiger partial charge on any atom is 0.240 e. The molecule has 2 aromatic rings. The van der Waals surface area contributed by atoms with Crippen LogP contribution in [0, 0.1) is 13.8 Å². The first-order valence-electron chi connectivity index (χ1n) is 9.68. The van der Waals surface area contributed by atoms with Crippen LogP contribution in [-0.2, 0) is 21.2 Å². The summed E-state index contributed by atoms with van der Waals surface area (Å²) in [6.45, 7) is 4.05. The molecule has 0 aliphatic carbocycles. The lowest BCUT2D eigenvalue weighted by Gasteiger charge is -2.22. The predicted octanol–water partition coefficient (Wildman–Crippen LogP) is 2.84. The summed E-state index contributed by atoms with van der Waals surface area (Å²) in [7, 11) is -0.408. The highest BCUT2D eigenvalue weighted by Crippen LogP contribution is 2.28. The number of nitrogens with one attached hydrogen (secondary N) is 1. The number of methoxy groups -OCH3 is 2. The SMILES string of the molecule is COc1ccc(CCCNC(=O)CN(c2ccc(C)c(C)c2)S(C)(=O)=O)cc1OC. The van der Waals surface area contributed by atoms with Gasteiger partial charge in [0.2, 0.25) is 15.9 Å². The van der Waals surface area contributed by atoms with Gasteiger partial charge in [-0.15, -0.1) is 0 Å². The molecule has 0 atom stereocenters. The maximum absolute atomic E-state index is 12.4. The van der Waals surface area contributed by atoms with E-state index >= 15 is 0 Å². The second-order valence-corrected chi connectivity index (χ2v) is 9.09. The molecule has 0 heterocycles. The third kappa shape index (κ3) is 6.38. The van der Waals surface area contributed by atoms with Crippen LogP contribution in [-0.4, -0.2) is 47.9 Å². The fraction of sp³-hybridized carbons (Fsp3) is 0.409. The first kappa shape index (κ1) is 23.5. The number of anilines is 1. The molecule has 7 nitrogen and oxygen atoms in total. The molecular weight excluding hydrogens is 404 g/mol. The van der Waals surface area contributed by atoms with Crippen LogP contribution in [0.2, 0.25) is 0 Å². The quantitative estimate of drug-likeness (QED) is 0.581. The van der Waals surface area contributed by atoms with E-state index in [2.05, 4.69) is 5.32 Å². The number of sulfonamides is 1. The van der Waals surface area contributed by atoms with Gasteiger partial charge in [0.05, 0.1) is 26.2 Å². The summed E-state index contributed by atoms with van der Waals surface area (Å²) < 4.78 is 36.1. The molecule has 0 radical (unpaired) electrons. The fourth-order valence-electron chi connectivity index (χ4n) is 3.02. The maximum atomic E-state index is 12.4. The summed E-state index contributed by atoms with van der Waals surface area (Å²) in [5.74, 6) is 0.990. The second kappa shape index (κ2) is 10.3. The minimum atomic E-state index is -3.58. The van der Waals surface area contributed by atoms with Crippen molar-refractivity contribution in [2.24, 2.45) is 0 Å². The molecule has 8 heteroatoms. The van der Waals surface area contributed by atoms with E-state index in [0.717, 1.165) is 33.7 Å². The van der Waals surface area contributed by atoms with Gasteiger partial charge in [-0.1, -0.05) is 12.1 Å². The minimum absolute atomic E-state index is 0.252. The number of nitrogens with zero attached hydrogens (tertiary/aromatic N) is 1. The smallest absolute Gasteiger partial charge is 0.240 e. The van der Waals surface area contributed by atoms with Crippen LogP contribution < -0.4 is 19.1 Å². The highest BCUT2D eigenvalue weighted by Gasteiger charge is 2.21. The monoisotopic (exact) mass is 434 g/mol. The van der Waals surface area contributed by atoms with Crippen molar-refractivity contribution in [1.29, 1.82) is 0 Å². The van der Waals surface area contributed by atoms with E-state index in [9.17, 15) is 13.2 Å². The van der Waals surface area contributed by atoms with Crippen molar-refractivity contribution in [2.45, 2.75) is 26.7 Å². The van der Waals surface area contributed by atoms with Gasteiger partial charge in [0.1, 0.15) is 6.54 Å². The fourth-order valence-corrected chi connectivity index (χ4v) is 3.87. The lowest BCUT2D eigenvalue weighted by atomic mass is 10.1. The van der Waals surface area contributed by atoms with Gasteiger partial charge in [-0.2, -0.15) is 0 Å². The Morgan fingerprint density at radius 1 is 1.00 bits per heavy atom. The molecule has 2 rings (SSSR count). The molecule has 30 heavy (non-hydrogen) atoms. The number of aryl methyl sites for hydroxylation is 3. The van der Waals surface area contributed by atoms with E-state index in [0.29, 0.717) is 30.2 Å². The zero-order chi connectivity index (χ0) is 22.3. The van der Waals surface area contributed by atoms with Crippen LogP contribution in [0.1, 0.15) is 23.1 Å². The molecule has 0 aliphatic heterocycles. The normalized spacial score (nSPS) is 11.1. The Morgan fingerprint density at radius 3 is 2.30 bits per heavy atom. The number of hydrogen-bond acceptors (Lipinski definition) is 5. The summed E-state index contributed by atoms with van der Waals surface area (Å²) in [5, 5.41) is 2.80. The van der Waals surface area contributed by atoms with Crippen LogP contribution in [0.5, 0.6) is 11.5 Å². The van der Waals surface area contributed by atoms with Crippen LogP contribution in [0.3, 0.4) is 0 Å². The van der Waals surface area contributed by atoms with Crippen molar-refractivity contribution in [1.82, 2.24) is 5.32 Å². The summed E-state index contributed by atoms with van der Waals surface area (Å²) in [5.41, 5.74) is 3.58. The van der Waals surface area contributed by atoms with Crippen LogP contribution >= 0.6 is 0 Å². The topological polar surface area (TPSA) is 84.9 Å². The van der Waals surface area contributed by atoms with Gasteiger partial charge in [0.25, 0.3) is 0 Å². The van der Waals surface area contributed by atoms with Gasteiger partial charge in [-0.05, 0) is 67.6 Å². The first-order valence-corrected chi connectivity index (χ1v) is 11.5. The van der Waals surface area contributed by atoms with E-state index in [1.165, 1.54) is 0 Å². The Labute approximate surface area is 179 Å². The molecule has 0 aliphatic rings. The molecule has 0 bridgehead atoms. The van der Waals surface area contributed by atoms with Crippen LogP contribution in [0.25, 0.3) is 0 Å². The highest BCUT2D eigenvalue weighted by atomic mass is 32.2. The van der Waals surface area contributed by atoms with Gasteiger partial charge in [0, 0.05) is 6.54 Å². The number of amides is 1. The Morgan fingerprint density at radius 2 is 1.70 bits per heavy atom. The van der Waals surface area contributed by atoms with Gasteiger partial charge < -0.3 is 14.8 Å². The van der Waals surface area contributed by atoms with Crippen molar-refractivity contribution >= 4 is 21.6 Å². The van der Waals surface area contributed by atoms with Crippen LogP contribution in [0.4, 0.5) is 5.69 Å². The van der Waals surface area contributed by atoms with Crippen molar-refractivity contribution < 1.29 is 22.7 Å². The summed E-state index contributed by atoms with van der Waals surface area (Å²) >= 11 is 0. The average Bonchev–Trinajstić information content (AvgIpc) is 2.70. The molecule has 164 valence electrons. The molecule has 1 N–H and O–H groups in total. The zero-order valence-corrected chi connectivity index (χ0v) is 19.0. The van der Waals surface area contributed by atoms with E-state index in [1.54, 1.807) is 26.4 Å². The largest absolute Gasteiger partial charge is 0.493 e.